The number of carbonyl (C=O) groups is 1. The number of para-hydroxylation sites is 2. The summed E-state index contributed by atoms with van der Waals surface area (Å²) < 4.78 is 1.43. The number of nitrogens with one attached hydrogen (secondary N) is 1. The van der Waals surface area contributed by atoms with Gasteiger partial charge in [-0.1, -0.05) is 18.2 Å². The molecule has 138 valence electrons. The van der Waals surface area contributed by atoms with Gasteiger partial charge in [-0.05, 0) is 29.8 Å². The maximum Gasteiger partial charge on any atom is 0.257 e. The van der Waals surface area contributed by atoms with Crippen LogP contribution < -0.4 is 11.1 Å². The fourth-order valence-electron chi connectivity index (χ4n) is 2.82. The number of rotatable bonds is 5. The van der Waals surface area contributed by atoms with Crippen LogP contribution in [-0.2, 0) is 0 Å². The van der Waals surface area contributed by atoms with Gasteiger partial charge in [0, 0.05) is 18.9 Å². The van der Waals surface area contributed by atoms with Crippen molar-refractivity contribution in [2.24, 2.45) is 5.10 Å². The van der Waals surface area contributed by atoms with E-state index in [9.17, 15) is 4.79 Å². The first kappa shape index (κ1) is 17.3. The van der Waals surface area contributed by atoms with Crippen molar-refractivity contribution in [3.63, 3.8) is 0 Å². The molecule has 1 amide bonds. The normalized spacial score (nSPS) is 11.3. The number of aromatic nitrogens is 4. The molecule has 4 rings (SSSR count). The summed E-state index contributed by atoms with van der Waals surface area (Å²) in [4.78, 5) is 25.9. The summed E-state index contributed by atoms with van der Waals surface area (Å²) in [6.07, 6.45) is 6.55. The Morgan fingerprint density at radius 2 is 1.89 bits per heavy atom. The highest BCUT2D eigenvalue weighted by molar-refractivity contribution is 6.10. The van der Waals surface area contributed by atoms with Gasteiger partial charge in [0.1, 0.15) is 16.9 Å². The van der Waals surface area contributed by atoms with Gasteiger partial charge in [-0.25, -0.2) is 9.97 Å². The number of nitrogen functional groups attached to an aromatic ring is 1. The molecule has 3 aromatic heterocycles. The van der Waals surface area contributed by atoms with E-state index >= 15 is 0 Å². The van der Waals surface area contributed by atoms with E-state index in [-0.39, 0.29) is 17.3 Å². The maximum absolute atomic E-state index is 12.7. The second kappa shape index (κ2) is 7.28. The van der Waals surface area contributed by atoms with Gasteiger partial charge in [0.2, 0.25) is 0 Å². The highest BCUT2D eigenvalue weighted by Gasteiger charge is 2.23. The molecule has 4 aromatic rings. The molecule has 0 spiro atoms. The van der Waals surface area contributed by atoms with Crippen LogP contribution in [0.3, 0.4) is 0 Å². The summed E-state index contributed by atoms with van der Waals surface area (Å²) in [7, 11) is 0. The lowest BCUT2D eigenvalue weighted by atomic mass is 10.2. The van der Waals surface area contributed by atoms with Crippen molar-refractivity contribution in [1.82, 2.24) is 24.9 Å². The smallest absolute Gasteiger partial charge is 0.257 e. The van der Waals surface area contributed by atoms with Gasteiger partial charge in [-0.2, -0.15) is 9.78 Å². The second-order valence-electron chi connectivity index (χ2n) is 5.98. The number of pyridine rings is 1. The van der Waals surface area contributed by atoms with Crippen LogP contribution in [0.5, 0.6) is 0 Å². The van der Waals surface area contributed by atoms with Crippen molar-refractivity contribution in [2.45, 2.75) is 0 Å². The minimum atomic E-state index is -0.357. The van der Waals surface area contributed by atoms with Crippen molar-refractivity contribution in [2.75, 3.05) is 12.3 Å². The number of amides is 1. The molecular formula is C20H17N7O. The fraction of sp³-hybridized carbons (Fsp3) is 0.0500. The Balaban J connectivity index is 1.93. The average Bonchev–Trinajstić information content (AvgIpc) is 3.00. The topological polar surface area (TPSA) is 111 Å². The van der Waals surface area contributed by atoms with Crippen LogP contribution in [0.1, 0.15) is 15.9 Å². The number of anilines is 1. The SMILES string of the molecule is C=CCNC(=O)c1c(N)n(/N=C/c2ccncc2)c2nc3ccccc3nc12. The van der Waals surface area contributed by atoms with Gasteiger partial charge < -0.3 is 11.1 Å². The van der Waals surface area contributed by atoms with E-state index in [1.165, 1.54) is 4.68 Å². The third-order valence-corrected chi connectivity index (χ3v) is 4.14. The summed E-state index contributed by atoms with van der Waals surface area (Å²) in [5.74, 6) is -0.193. The van der Waals surface area contributed by atoms with Crippen molar-refractivity contribution in [3.05, 3.63) is 72.6 Å². The number of carbonyl (C=O) groups excluding carboxylic acids is 1. The standard InChI is InChI=1S/C20H17N7O/c1-2-9-23-20(28)16-17-19(26-15-6-4-3-5-14(15)25-17)27(18(16)21)24-12-13-7-10-22-11-8-13/h2-8,10-12H,1,9,21H2,(H,23,28)/b24-12+. The molecule has 1 aromatic carbocycles. The van der Waals surface area contributed by atoms with Crippen molar-refractivity contribution in [1.29, 1.82) is 0 Å². The summed E-state index contributed by atoms with van der Waals surface area (Å²) in [5, 5.41) is 7.17. The number of benzene rings is 1. The Morgan fingerprint density at radius 1 is 1.18 bits per heavy atom. The van der Waals surface area contributed by atoms with Gasteiger partial charge in [0.05, 0.1) is 17.2 Å². The van der Waals surface area contributed by atoms with Crippen LogP contribution in [0.25, 0.3) is 22.2 Å². The maximum atomic E-state index is 12.7. The molecule has 0 aliphatic carbocycles. The van der Waals surface area contributed by atoms with Crippen LogP contribution >= 0.6 is 0 Å². The lowest BCUT2D eigenvalue weighted by Gasteiger charge is -2.02. The van der Waals surface area contributed by atoms with E-state index in [1.807, 2.05) is 36.4 Å². The molecule has 8 heteroatoms. The van der Waals surface area contributed by atoms with Crippen molar-refractivity contribution < 1.29 is 4.79 Å². The zero-order chi connectivity index (χ0) is 19.5. The Morgan fingerprint density at radius 3 is 2.61 bits per heavy atom. The monoisotopic (exact) mass is 371 g/mol. The molecular weight excluding hydrogens is 354 g/mol. The number of hydrogen-bond acceptors (Lipinski definition) is 6. The Hall–Kier alpha value is -4.07. The van der Waals surface area contributed by atoms with Crippen molar-refractivity contribution >= 4 is 40.1 Å². The van der Waals surface area contributed by atoms with Gasteiger partial charge in [-0.15, -0.1) is 6.58 Å². The third-order valence-electron chi connectivity index (χ3n) is 4.14. The summed E-state index contributed by atoms with van der Waals surface area (Å²) in [5.41, 5.74) is 9.52. The number of fused-ring (bicyclic) bond motifs is 2. The molecule has 3 heterocycles. The van der Waals surface area contributed by atoms with E-state index < -0.39 is 0 Å². The minimum absolute atomic E-state index is 0.164. The number of nitrogens with zero attached hydrogens (tertiary/aromatic N) is 5. The molecule has 8 nitrogen and oxygen atoms in total. The minimum Gasteiger partial charge on any atom is -0.383 e. The molecule has 0 aliphatic heterocycles. The summed E-state index contributed by atoms with van der Waals surface area (Å²) >= 11 is 0. The predicted molar refractivity (Wildman–Crippen MR) is 109 cm³/mol. The molecule has 0 radical (unpaired) electrons. The predicted octanol–water partition coefficient (Wildman–Crippen LogP) is 2.36. The van der Waals surface area contributed by atoms with E-state index in [4.69, 9.17) is 5.73 Å². The fourth-order valence-corrected chi connectivity index (χ4v) is 2.82. The van der Waals surface area contributed by atoms with Gasteiger partial charge in [-0.3, -0.25) is 9.78 Å². The van der Waals surface area contributed by atoms with Crippen LogP contribution in [0, 0.1) is 0 Å². The Labute approximate surface area is 160 Å². The van der Waals surface area contributed by atoms with Gasteiger partial charge >= 0.3 is 0 Å². The van der Waals surface area contributed by atoms with Gasteiger partial charge in [0.15, 0.2) is 5.65 Å². The van der Waals surface area contributed by atoms with Gasteiger partial charge in [0.25, 0.3) is 5.91 Å². The van der Waals surface area contributed by atoms with Crippen LogP contribution in [0.15, 0.2) is 66.5 Å². The van der Waals surface area contributed by atoms with Crippen LogP contribution in [0.4, 0.5) is 5.82 Å². The molecule has 0 fully saturated rings. The van der Waals surface area contributed by atoms with Crippen LogP contribution in [-0.4, -0.2) is 38.3 Å². The molecule has 0 aliphatic rings. The Kier molecular flexibility index (Phi) is 4.51. The first-order valence-electron chi connectivity index (χ1n) is 8.59. The summed E-state index contributed by atoms with van der Waals surface area (Å²) in [6.45, 7) is 3.92. The Bertz CT molecular complexity index is 1210. The van der Waals surface area contributed by atoms with Crippen LogP contribution in [0.2, 0.25) is 0 Å². The van der Waals surface area contributed by atoms with E-state index in [0.717, 1.165) is 5.56 Å². The molecule has 0 saturated carbocycles. The molecule has 0 atom stereocenters. The largest absolute Gasteiger partial charge is 0.383 e. The lowest BCUT2D eigenvalue weighted by molar-refractivity contribution is 0.0960. The summed E-state index contributed by atoms with van der Waals surface area (Å²) in [6, 6.07) is 11.0. The highest BCUT2D eigenvalue weighted by atomic mass is 16.1. The van der Waals surface area contributed by atoms with E-state index in [2.05, 4.69) is 31.9 Å². The lowest BCUT2D eigenvalue weighted by Crippen LogP contribution is -2.24. The molecule has 0 bridgehead atoms. The zero-order valence-electron chi connectivity index (χ0n) is 14.9. The first-order chi connectivity index (χ1) is 13.7. The zero-order valence-corrected chi connectivity index (χ0v) is 14.9. The quantitative estimate of drug-likeness (QED) is 0.413. The molecule has 28 heavy (non-hydrogen) atoms. The van der Waals surface area contributed by atoms with E-state index in [1.54, 1.807) is 24.7 Å². The first-order valence-corrected chi connectivity index (χ1v) is 8.59. The second-order valence-corrected chi connectivity index (χ2v) is 5.98. The molecule has 0 saturated heterocycles. The third kappa shape index (κ3) is 3.07. The average molecular weight is 371 g/mol. The van der Waals surface area contributed by atoms with E-state index in [0.29, 0.717) is 28.7 Å². The highest BCUT2D eigenvalue weighted by Crippen LogP contribution is 2.27. The molecule has 3 N–H and O–H groups in total. The number of nitrogens with two attached hydrogens (primary N) is 1. The van der Waals surface area contributed by atoms with Crippen molar-refractivity contribution in [3.8, 4) is 0 Å². The number of hydrogen-bond donors (Lipinski definition) is 2. The molecule has 0 unspecified atom stereocenters.